The van der Waals surface area contributed by atoms with Gasteiger partial charge in [0.2, 0.25) is 0 Å². The van der Waals surface area contributed by atoms with Crippen molar-refractivity contribution in [3.63, 3.8) is 0 Å². The predicted octanol–water partition coefficient (Wildman–Crippen LogP) is 2.81. The van der Waals surface area contributed by atoms with Crippen LogP contribution in [-0.2, 0) is 6.42 Å². The van der Waals surface area contributed by atoms with Gasteiger partial charge < -0.3 is 15.1 Å². The van der Waals surface area contributed by atoms with Gasteiger partial charge in [-0.1, -0.05) is 32.9 Å². The second kappa shape index (κ2) is 9.07. The maximum Gasteiger partial charge on any atom is 0.321 e. The Kier molecular flexibility index (Phi) is 7.10. The fourth-order valence-electron chi connectivity index (χ4n) is 3.32. The standard InChI is InChI=1S/C20H33N3O/c1-5-17-6-8-18(9-7-17)21-20(24)23-14-11-19(12-15-23)22(4)13-10-16(2)3/h6-9,16,19H,5,10-15H2,1-4H3,(H,21,24)/p+1. The molecular weight excluding hydrogens is 298 g/mol. The minimum atomic E-state index is 0.0394. The van der Waals surface area contributed by atoms with Gasteiger partial charge in [-0.15, -0.1) is 0 Å². The van der Waals surface area contributed by atoms with Crippen molar-refractivity contribution in [2.75, 3.05) is 32.0 Å². The number of carbonyl (C=O) groups is 1. The average molecular weight is 333 g/mol. The van der Waals surface area contributed by atoms with Gasteiger partial charge in [0.25, 0.3) is 0 Å². The van der Waals surface area contributed by atoms with Crippen LogP contribution in [0.3, 0.4) is 0 Å². The molecule has 1 aromatic carbocycles. The Bertz CT molecular complexity index is 504. The number of nitrogens with one attached hydrogen (secondary N) is 2. The monoisotopic (exact) mass is 332 g/mol. The highest BCUT2D eigenvalue weighted by Gasteiger charge is 2.27. The van der Waals surface area contributed by atoms with Crippen molar-refractivity contribution >= 4 is 11.7 Å². The number of likely N-dealkylation sites (tertiary alicyclic amines) is 1. The first kappa shape index (κ1) is 18.8. The molecule has 1 unspecified atom stereocenters. The second-order valence-electron chi connectivity index (χ2n) is 7.52. The molecule has 24 heavy (non-hydrogen) atoms. The van der Waals surface area contributed by atoms with Gasteiger partial charge in [-0.25, -0.2) is 4.79 Å². The normalized spacial score (nSPS) is 17.1. The number of hydrogen-bond donors (Lipinski definition) is 2. The first-order valence-corrected chi connectivity index (χ1v) is 9.46. The number of aryl methyl sites for hydroxylation is 1. The Balaban J connectivity index is 1.77. The lowest BCUT2D eigenvalue weighted by atomic mass is 10.0. The number of amides is 2. The number of urea groups is 1. The molecule has 1 fully saturated rings. The molecule has 0 spiro atoms. The Hall–Kier alpha value is -1.55. The zero-order valence-corrected chi connectivity index (χ0v) is 15.8. The van der Waals surface area contributed by atoms with Crippen molar-refractivity contribution in [2.24, 2.45) is 5.92 Å². The van der Waals surface area contributed by atoms with Crippen LogP contribution in [0.1, 0.15) is 45.6 Å². The van der Waals surface area contributed by atoms with E-state index >= 15 is 0 Å². The summed E-state index contributed by atoms with van der Waals surface area (Å²) in [6, 6.07) is 8.87. The lowest BCUT2D eigenvalue weighted by molar-refractivity contribution is -0.907. The van der Waals surface area contributed by atoms with Crippen molar-refractivity contribution in [3.8, 4) is 0 Å². The molecule has 2 amide bonds. The van der Waals surface area contributed by atoms with Crippen LogP contribution in [0, 0.1) is 5.92 Å². The Morgan fingerprint density at radius 3 is 2.42 bits per heavy atom. The van der Waals surface area contributed by atoms with Crippen molar-refractivity contribution in [3.05, 3.63) is 29.8 Å². The summed E-state index contributed by atoms with van der Waals surface area (Å²) < 4.78 is 0. The molecule has 134 valence electrons. The highest BCUT2D eigenvalue weighted by Crippen LogP contribution is 2.13. The third-order valence-electron chi connectivity index (χ3n) is 5.21. The van der Waals surface area contributed by atoms with E-state index < -0.39 is 0 Å². The second-order valence-corrected chi connectivity index (χ2v) is 7.52. The van der Waals surface area contributed by atoms with E-state index in [-0.39, 0.29) is 6.03 Å². The van der Waals surface area contributed by atoms with Crippen LogP contribution in [0.2, 0.25) is 0 Å². The molecule has 0 aliphatic carbocycles. The largest absolute Gasteiger partial charge is 0.335 e. The van der Waals surface area contributed by atoms with E-state index in [0.717, 1.165) is 44.0 Å². The first-order chi connectivity index (χ1) is 11.5. The van der Waals surface area contributed by atoms with Crippen LogP contribution in [0.5, 0.6) is 0 Å². The topological polar surface area (TPSA) is 36.8 Å². The van der Waals surface area contributed by atoms with Crippen LogP contribution in [0.15, 0.2) is 24.3 Å². The number of anilines is 1. The van der Waals surface area contributed by atoms with E-state index in [1.54, 1.807) is 4.90 Å². The van der Waals surface area contributed by atoms with Crippen LogP contribution in [-0.4, -0.2) is 43.7 Å². The van der Waals surface area contributed by atoms with Crippen LogP contribution in [0.25, 0.3) is 0 Å². The zero-order valence-electron chi connectivity index (χ0n) is 15.8. The van der Waals surface area contributed by atoms with E-state index in [4.69, 9.17) is 0 Å². The van der Waals surface area contributed by atoms with E-state index in [1.165, 1.54) is 18.5 Å². The molecule has 1 atom stereocenters. The third kappa shape index (κ3) is 5.52. The van der Waals surface area contributed by atoms with Gasteiger partial charge in [0.15, 0.2) is 0 Å². The summed E-state index contributed by atoms with van der Waals surface area (Å²) in [7, 11) is 2.30. The molecule has 1 aliphatic rings. The van der Waals surface area contributed by atoms with E-state index in [0.29, 0.717) is 6.04 Å². The number of hydrogen-bond acceptors (Lipinski definition) is 1. The number of rotatable bonds is 6. The number of carbonyl (C=O) groups excluding carboxylic acids is 1. The molecule has 2 N–H and O–H groups in total. The van der Waals surface area contributed by atoms with Crippen molar-refractivity contribution in [1.82, 2.24) is 4.90 Å². The average Bonchev–Trinajstić information content (AvgIpc) is 2.60. The number of quaternary nitrogens is 1. The SMILES string of the molecule is CCc1ccc(NC(=O)N2CCC([NH+](C)CCC(C)C)CC2)cc1. The van der Waals surface area contributed by atoms with E-state index in [1.807, 2.05) is 17.0 Å². The summed E-state index contributed by atoms with van der Waals surface area (Å²) >= 11 is 0. The minimum Gasteiger partial charge on any atom is -0.335 e. The van der Waals surface area contributed by atoms with Gasteiger partial charge >= 0.3 is 6.03 Å². The van der Waals surface area contributed by atoms with Crippen molar-refractivity contribution in [1.29, 1.82) is 0 Å². The molecule has 0 aromatic heterocycles. The van der Waals surface area contributed by atoms with Gasteiger partial charge in [0, 0.05) is 31.6 Å². The number of piperidine rings is 1. The van der Waals surface area contributed by atoms with Gasteiger partial charge in [-0.05, 0) is 36.5 Å². The maximum absolute atomic E-state index is 12.4. The molecule has 1 saturated heterocycles. The van der Waals surface area contributed by atoms with Crippen LogP contribution < -0.4 is 10.2 Å². The van der Waals surface area contributed by atoms with E-state index in [2.05, 4.69) is 45.3 Å². The van der Waals surface area contributed by atoms with Gasteiger partial charge in [0.1, 0.15) is 0 Å². The number of benzene rings is 1. The molecular formula is C20H34N3O+. The van der Waals surface area contributed by atoms with Crippen molar-refractivity contribution in [2.45, 2.75) is 52.5 Å². The molecule has 1 aliphatic heterocycles. The molecule has 4 heteroatoms. The Morgan fingerprint density at radius 1 is 1.25 bits per heavy atom. The fourth-order valence-corrected chi connectivity index (χ4v) is 3.32. The fraction of sp³-hybridized carbons (Fsp3) is 0.650. The predicted molar refractivity (Wildman–Crippen MR) is 101 cm³/mol. The highest BCUT2D eigenvalue weighted by atomic mass is 16.2. The Labute approximate surface area is 147 Å². The van der Waals surface area contributed by atoms with Crippen LogP contribution >= 0.6 is 0 Å². The molecule has 1 aromatic rings. The molecule has 0 radical (unpaired) electrons. The summed E-state index contributed by atoms with van der Waals surface area (Å²) in [5, 5.41) is 3.03. The van der Waals surface area contributed by atoms with Gasteiger partial charge in [-0.2, -0.15) is 0 Å². The van der Waals surface area contributed by atoms with Gasteiger partial charge in [0.05, 0.1) is 19.6 Å². The highest BCUT2D eigenvalue weighted by molar-refractivity contribution is 5.89. The lowest BCUT2D eigenvalue weighted by Gasteiger charge is -2.34. The zero-order chi connectivity index (χ0) is 17.5. The third-order valence-corrected chi connectivity index (χ3v) is 5.21. The molecule has 0 saturated carbocycles. The minimum absolute atomic E-state index is 0.0394. The molecule has 4 nitrogen and oxygen atoms in total. The summed E-state index contributed by atoms with van der Waals surface area (Å²) in [5.74, 6) is 0.768. The summed E-state index contributed by atoms with van der Waals surface area (Å²) in [6.07, 6.45) is 4.51. The van der Waals surface area contributed by atoms with Crippen LogP contribution in [0.4, 0.5) is 10.5 Å². The Morgan fingerprint density at radius 2 is 1.88 bits per heavy atom. The lowest BCUT2D eigenvalue weighted by Crippen LogP contribution is -3.13. The number of nitrogens with zero attached hydrogens (tertiary/aromatic N) is 1. The van der Waals surface area contributed by atoms with E-state index in [9.17, 15) is 4.79 Å². The molecule has 1 heterocycles. The van der Waals surface area contributed by atoms with Crippen molar-refractivity contribution < 1.29 is 9.69 Å². The molecule has 0 bridgehead atoms. The summed E-state index contributed by atoms with van der Waals surface area (Å²) in [4.78, 5) is 16.0. The quantitative estimate of drug-likeness (QED) is 0.826. The smallest absolute Gasteiger partial charge is 0.321 e. The van der Waals surface area contributed by atoms with Gasteiger partial charge in [-0.3, -0.25) is 0 Å². The maximum atomic E-state index is 12.4. The molecule has 2 rings (SSSR count). The first-order valence-electron chi connectivity index (χ1n) is 9.46. The summed E-state index contributed by atoms with van der Waals surface area (Å²) in [6.45, 7) is 9.67. The summed E-state index contributed by atoms with van der Waals surface area (Å²) in [5.41, 5.74) is 2.18.